The summed E-state index contributed by atoms with van der Waals surface area (Å²) < 4.78 is 0. The van der Waals surface area contributed by atoms with Gasteiger partial charge in [-0.25, -0.2) is 4.99 Å². The van der Waals surface area contributed by atoms with Gasteiger partial charge in [-0.3, -0.25) is 9.59 Å². The van der Waals surface area contributed by atoms with Crippen molar-refractivity contribution in [3.05, 3.63) is 71.5 Å². The minimum absolute atomic E-state index is 0.00171. The Labute approximate surface area is 221 Å². The van der Waals surface area contributed by atoms with Crippen molar-refractivity contribution in [2.45, 2.75) is 46.5 Å². The van der Waals surface area contributed by atoms with E-state index in [4.69, 9.17) is 5.73 Å². The molecule has 0 bridgehead atoms. The summed E-state index contributed by atoms with van der Waals surface area (Å²) in [6.07, 6.45) is 12.6. The highest BCUT2D eigenvalue weighted by molar-refractivity contribution is 6.06. The highest BCUT2D eigenvalue weighted by atomic mass is 16.2. The Hall–Kier alpha value is -3.61. The second-order valence-corrected chi connectivity index (χ2v) is 9.77. The van der Waals surface area contributed by atoms with Crippen molar-refractivity contribution >= 4 is 29.4 Å². The largest absolute Gasteiger partial charge is 0.388 e. The molecule has 1 saturated heterocycles. The first-order chi connectivity index (χ1) is 17.9. The van der Waals surface area contributed by atoms with Gasteiger partial charge in [0.25, 0.3) is 5.91 Å². The highest BCUT2D eigenvalue weighted by Gasteiger charge is 2.28. The lowest BCUT2D eigenvalue weighted by Gasteiger charge is -2.22. The lowest BCUT2D eigenvalue weighted by atomic mass is 10.0. The first-order valence-electron chi connectivity index (χ1n) is 13.3. The number of likely N-dealkylation sites (tertiary alicyclic amines) is 1. The molecule has 3 N–H and O–H groups in total. The molecule has 37 heavy (non-hydrogen) atoms. The molecule has 0 spiro atoms. The van der Waals surface area contributed by atoms with Crippen LogP contribution >= 0.6 is 0 Å². The van der Waals surface area contributed by atoms with Crippen molar-refractivity contribution < 1.29 is 9.59 Å². The number of aliphatic imine (C=N–C) groups is 1. The van der Waals surface area contributed by atoms with Gasteiger partial charge in [-0.15, -0.1) is 0 Å². The van der Waals surface area contributed by atoms with Crippen LogP contribution in [0.5, 0.6) is 0 Å². The number of fused-ring (bicyclic) bond motifs is 1. The Kier molecular flexibility index (Phi) is 10.3. The fraction of sp³-hybridized carbons (Fsp3) is 0.433. The van der Waals surface area contributed by atoms with Gasteiger partial charge in [0, 0.05) is 61.5 Å². The van der Waals surface area contributed by atoms with Gasteiger partial charge in [0.1, 0.15) is 5.84 Å². The monoisotopic (exact) mass is 503 g/mol. The molecular weight excluding hydrogens is 462 g/mol. The summed E-state index contributed by atoms with van der Waals surface area (Å²) in [6.45, 7) is 13.6. The van der Waals surface area contributed by atoms with Crippen LogP contribution in [-0.4, -0.2) is 60.2 Å². The number of amides is 2. The van der Waals surface area contributed by atoms with Crippen LogP contribution in [0.1, 0.15) is 62.4 Å². The van der Waals surface area contributed by atoms with Crippen molar-refractivity contribution in [3.8, 4) is 0 Å². The highest BCUT2D eigenvalue weighted by Crippen LogP contribution is 2.29. The Balaban J connectivity index is 1.70. The van der Waals surface area contributed by atoms with E-state index in [-0.39, 0.29) is 11.8 Å². The number of nitrogens with two attached hydrogens (primary N) is 1. The normalized spacial score (nSPS) is 17.6. The predicted molar refractivity (Wildman–Crippen MR) is 153 cm³/mol. The zero-order valence-electron chi connectivity index (χ0n) is 22.5. The van der Waals surface area contributed by atoms with Crippen LogP contribution < -0.4 is 11.1 Å². The second kappa shape index (κ2) is 13.6. The lowest BCUT2D eigenvalue weighted by molar-refractivity contribution is -0.127. The third-order valence-electron chi connectivity index (χ3n) is 6.63. The molecule has 7 nitrogen and oxygen atoms in total. The van der Waals surface area contributed by atoms with Crippen LogP contribution in [0.3, 0.4) is 0 Å². The van der Waals surface area contributed by atoms with E-state index in [2.05, 4.69) is 30.7 Å². The molecule has 2 aliphatic heterocycles. The maximum Gasteiger partial charge on any atom is 0.253 e. The summed E-state index contributed by atoms with van der Waals surface area (Å²) in [6, 6.07) is 5.51. The fourth-order valence-corrected chi connectivity index (χ4v) is 4.73. The van der Waals surface area contributed by atoms with Crippen molar-refractivity contribution in [3.63, 3.8) is 0 Å². The molecule has 1 aromatic carbocycles. The predicted octanol–water partition coefficient (Wildman–Crippen LogP) is 4.81. The number of hydrogen-bond donors (Lipinski definition) is 2. The zero-order chi connectivity index (χ0) is 26.8. The number of rotatable bonds is 11. The molecule has 0 aromatic heterocycles. The Morgan fingerprint density at radius 2 is 2.00 bits per heavy atom. The van der Waals surface area contributed by atoms with E-state index in [0.717, 1.165) is 56.7 Å². The fourth-order valence-electron chi connectivity index (χ4n) is 4.73. The summed E-state index contributed by atoms with van der Waals surface area (Å²) in [4.78, 5) is 34.8. The van der Waals surface area contributed by atoms with Crippen LogP contribution in [0.4, 0.5) is 5.69 Å². The minimum atomic E-state index is 0.00171. The van der Waals surface area contributed by atoms with E-state index < -0.39 is 0 Å². The third-order valence-corrected chi connectivity index (χ3v) is 6.63. The zero-order valence-corrected chi connectivity index (χ0v) is 22.5. The van der Waals surface area contributed by atoms with Gasteiger partial charge < -0.3 is 20.9 Å². The second-order valence-electron chi connectivity index (χ2n) is 9.77. The maximum absolute atomic E-state index is 13.3. The van der Waals surface area contributed by atoms with Crippen LogP contribution in [0, 0.1) is 5.92 Å². The van der Waals surface area contributed by atoms with Gasteiger partial charge in [-0.1, -0.05) is 44.7 Å². The molecule has 0 radical (unpaired) electrons. The van der Waals surface area contributed by atoms with Gasteiger partial charge in [0.15, 0.2) is 0 Å². The molecular formula is C30H41N5O2. The van der Waals surface area contributed by atoms with E-state index in [9.17, 15) is 9.59 Å². The first-order valence-corrected chi connectivity index (χ1v) is 13.3. The SMILES string of the molecule is C=C/C=C\C=C(/C)NCC1CCN(C(=O)c2ccc3c(c2)N=C(N)CC(C(=O)N(CCC)CCC)=C3)C1. The van der Waals surface area contributed by atoms with E-state index in [0.29, 0.717) is 41.5 Å². The summed E-state index contributed by atoms with van der Waals surface area (Å²) in [5.74, 6) is 0.792. The average Bonchev–Trinajstić information content (AvgIpc) is 3.29. The molecule has 0 aliphatic carbocycles. The number of nitrogens with zero attached hydrogens (tertiary/aromatic N) is 3. The number of amidine groups is 1. The number of carbonyl (C=O) groups is 2. The van der Waals surface area contributed by atoms with Crippen molar-refractivity contribution in [2.24, 2.45) is 16.6 Å². The number of allylic oxidation sites excluding steroid dienone is 5. The van der Waals surface area contributed by atoms with Gasteiger partial charge in [-0.2, -0.15) is 0 Å². The molecule has 2 heterocycles. The molecule has 7 heteroatoms. The minimum Gasteiger partial charge on any atom is -0.388 e. The topological polar surface area (TPSA) is 91.0 Å². The molecule has 2 amide bonds. The molecule has 1 aromatic rings. The van der Waals surface area contributed by atoms with Crippen LogP contribution in [0.2, 0.25) is 0 Å². The third kappa shape index (κ3) is 7.68. The van der Waals surface area contributed by atoms with E-state index in [1.54, 1.807) is 12.1 Å². The lowest BCUT2D eigenvalue weighted by Crippen LogP contribution is -2.34. The van der Waals surface area contributed by atoms with Crippen LogP contribution in [0.25, 0.3) is 6.08 Å². The van der Waals surface area contributed by atoms with Crippen molar-refractivity contribution in [2.75, 3.05) is 32.7 Å². The van der Waals surface area contributed by atoms with Crippen molar-refractivity contribution in [1.82, 2.24) is 15.1 Å². The van der Waals surface area contributed by atoms with E-state index >= 15 is 0 Å². The summed E-state index contributed by atoms with van der Waals surface area (Å²) in [7, 11) is 0. The van der Waals surface area contributed by atoms with Crippen molar-refractivity contribution in [1.29, 1.82) is 0 Å². The van der Waals surface area contributed by atoms with E-state index in [1.165, 1.54) is 0 Å². The number of carbonyl (C=O) groups excluding carboxylic acids is 2. The first kappa shape index (κ1) is 28.0. The van der Waals surface area contributed by atoms with E-state index in [1.807, 2.05) is 53.2 Å². The number of hydrogen-bond acceptors (Lipinski definition) is 5. The standard InChI is InChI=1S/C30H41N5O2/c1-5-8-9-10-22(4)32-20-23-13-16-35(21-23)29(36)25-12-11-24-17-26(19-28(31)33-27(24)18-25)30(37)34(14-6-2)15-7-3/h5,8-12,17-18,23,32H,1,6-7,13-16,19-21H2,2-4H3,(H2,31,33)/b9-8-,22-10+. The molecule has 3 rings (SSSR count). The molecule has 1 unspecified atom stereocenters. The average molecular weight is 504 g/mol. The van der Waals surface area contributed by atoms with Gasteiger partial charge in [0.05, 0.1) is 5.69 Å². The summed E-state index contributed by atoms with van der Waals surface area (Å²) >= 11 is 0. The van der Waals surface area contributed by atoms with Gasteiger partial charge in [0.2, 0.25) is 5.91 Å². The Morgan fingerprint density at radius 3 is 2.70 bits per heavy atom. The van der Waals surface area contributed by atoms with Gasteiger partial charge in [-0.05, 0) is 56.4 Å². The number of nitrogens with one attached hydrogen (secondary N) is 1. The molecule has 1 fully saturated rings. The van der Waals surface area contributed by atoms with Crippen LogP contribution in [-0.2, 0) is 4.79 Å². The maximum atomic E-state index is 13.3. The Morgan fingerprint density at radius 1 is 1.24 bits per heavy atom. The molecule has 2 aliphatic rings. The Bertz CT molecular complexity index is 1110. The van der Waals surface area contributed by atoms with Gasteiger partial charge >= 0.3 is 0 Å². The summed E-state index contributed by atoms with van der Waals surface area (Å²) in [5.41, 5.74) is 9.97. The molecule has 1 atom stereocenters. The smallest absolute Gasteiger partial charge is 0.253 e. The molecule has 198 valence electrons. The molecule has 0 saturated carbocycles. The summed E-state index contributed by atoms with van der Waals surface area (Å²) in [5, 5.41) is 3.44. The number of benzene rings is 1. The quantitative estimate of drug-likeness (QED) is 0.424. The van der Waals surface area contributed by atoms with Crippen LogP contribution in [0.15, 0.2) is 65.3 Å².